The van der Waals surface area contributed by atoms with Crippen LogP contribution in [0.1, 0.15) is 11.4 Å². The van der Waals surface area contributed by atoms with Crippen LogP contribution in [-0.2, 0) is 0 Å². The number of hydrogen-bond donors (Lipinski definition) is 1. The van der Waals surface area contributed by atoms with E-state index in [1.807, 2.05) is 13.8 Å². The lowest BCUT2D eigenvalue weighted by atomic mass is 10.3. The first-order valence-corrected chi connectivity index (χ1v) is 6.37. The molecule has 0 aliphatic carbocycles. The molecule has 6 heteroatoms. The first kappa shape index (κ1) is 13.2. The summed E-state index contributed by atoms with van der Waals surface area (Å²) in [5.74, 6) is 0.0691. The van der Waals surface area contributed by atoms with Gasteiger partial charge in [-0.05, 0) is 48.0 Å². The molecule has 0 aliphatic rings. The van der Waals surface area contributed by atoms with Crippen molar-refractivity contribution in [2.45, 2.75) is 13.8 Å². The Morgan fingerprint density at radius 1 is 1.22 bits per heavy atom. The fourth-order valence-corrected chi connectivity index (χ4v) is 1.94. The largest absolute Gasteiger partial charge is 0.337 e. The van der Waals surface area contributed by atoms with Gasteiger partial charge in [-0.25, -0.2) is 14.4 Å². The second-order valence-corrected chi connectivity index (χ2v) is 5.00. The minimum Gasteiger partial charge on any atom is -0.337 e. The van der Waals surface area contributed by atoms with Crippen molar-refractivity contribution < 1.29 is 4.39 Å². The van der Waals surface area contributed by atoms with Crippen LogP contribution in [-0.4, -0.2) is 9.97 Å². The maximum absolute atomic E-state index is 13.2. The molecule has 0 saturated heterocycles. The number of anilines is 2. The fraction of sp³-hybridized carbons (Fsp3) is 0.167. The Morgan fingerprint density at radius 2 is 1.89 bits per heavy atom. The summed E-state index contributed by atoms with van der Waals surface area (Å²) >= 11 is 9.32. The molecule has 0 fully saturated rings. The van der Waals surface area contributed by atoms with E-state index in [0.29, 0.717) is 11.5 Å². The van der Waals surface area contributed by atoms with Crippen LogP contribution < -0.4 is 5.32 Å². The van der Waals surface area contributed by atoms with Gasteiger partial charge in [0.25, 0.3) is 0 Å². The van der Waals surface area contributed by atoms with Crippen LogP contribution >= 0.6 is 27.5 Å². The molecule has 0 spiro atoms. The van der Waals surface area contributed by atoms with Gasteiger partial charge in [-0.15, -0.1) is 0 Å². The van der Waals surface area contributed by atoms with Gasteiger partial charge >= 0.3 is 0 Å². The predicted octanol–water partition coefficient (Wildman–Crippen LogP) is 4.39. The van der Waals surface area contributed by atoms with Gasteiger partial charge in [0.1, 0.15) is 5.82 Å². The van der Waals surface area contributed by atoms with E-state index in [2.05, 4.69) is 31.2 Å². The van der Waals surface area contributed by atoms with E-state index in [1.165, 1.54) is 12.1 Å². The average molecular weight is 331 g/mol. The average Bonchev–Trinajstić information content (AvgIpc) is 2.30. The van der Waals surface area contributed by atoms with Crippen molar-refractivity contribution >= 4 is 39.0 Å². The van der Waals surface area contributed by atoms with Crippen molar-refractivity contribution in [3.05, 3.63) is 45.0 Å². The lowest BCUT2D eigenvalue weighted by Gasteiger charge is -2.10. The molecule has 94 valence electrons. The molecule has 1 N–H and O–H groups in total. The van der Waals surface area contributed by atoms with Crippen LogP contribution in [0.4, 0.5) is 15.9 Å². The van der Waals surface area contributed by atoms with Gasteiger partial charge in [0.05, 0.1) is 17.1 Å². The molecule has 0 radical (unpaired) electrons. The van der Waals surface area contributed by atoms with Crippen LogP contribution in [0.25, 0.3) is 0 Å². The van der Waals surface area contributed by atoms with Crippen molar-refractivity contribution in [2.75, 3.05) is 5.32 Å². The Balaban J connectivity index is 2.40. The fourth-order valence-electron chi connectivity index (χ4n) is 1.38. The summed E-state index contributed by atoms with van der Waals surface area (Å²) in [5.41, 5.74) is 2.09. The van der Waals surface area contributed by atoms with Gasteiger partial charge < -0.3 is 5.32 Å². The molecular formula is C12H10BrClFN3. The highest BCUT2D eigenvalue weighted by atomic mass is 79.9. The molecule has 1 aromatic carbocycles. The SMILES string of the molecule is Cc1nc(Cl)c(Nc2cc(F)ccc2Br)nc1C. The Hall–Kier alpha value is -1.20. The molecule has 0 atom stereocenters. The zero-order valence-corrected chi connectivity index (χ0v) is 12.1. The number of rotatable bonds is 2. The van der Waals surface area contributed by atoms with E-state index in [1.54, 1.807) is 6.07 Å². The maximum atomic E-state index is 13.2. The molecule has 2 aromatic rings. The third-order valence-corrected chi connectivity index (χ3v) is 3.40. The van der Waals surface area contributed by atoms with Crippen LogP contribution in [0, 0.1) is 19.7 Å². The van der Waals surface area contributed by atoms with E-state index in [9.17, 15) is 4.39 Å². The molecule has 3 nitrogen and oxygen atoms in total. The summed E-state index contributed by atoms with van der Waals surface area (Å²) in [6.07, 6.45) is 0. The molecule has 0 unspecified atom stereocenters. The van der Waals surface area contributed by atoms with Crippen molar-refractivity contribution in [1.29, 1.82) is 0 Å². The summed E-state index contributed by atoms with van der Waals surface area (Å²) in [4.78, 5) is 8.44. The number of nitrogens with one attached hydrogen (secondary N) is 1. The van der Waals surface area contributed by atoms with Crippen LogP contribution in [0.5, 0.6) is 0 Å². The minimum atomic E-state index is -0.339. The summed E-state index contributed by atoms with van der Waals surface area (Å²) in [6, 6.07) is 4.33. The third-order valence-electron chi connectivity index (χ3n) is 2.45. The number of benzene rings is 1. The molecule has 2 rings (SSSR count). The molecule has 0 saturated carbocycles. The van der Waals surface area contributed by atoms with Gasteiger partial charge in [0, 0.05) is 4.47 Å². The lowest BCUT2D eigenvalue weighted by molar-refractivity contribution is 0.628. The Labute approximate surface area is 118 Å². The summed E-state index contributed by atoms with van der Waals surface area (Å²) in [7, 11) is 0. The first-order valence-electron chi connectivity index (χ1n) is 5.20. The van der Waals surface area contributed by atoms with Gasteiger partial charge in [-0.2, -0.15) is 0 Å². The molecule has 1 heterocycles. The van der Waals surface area contributed by atoms with E-state index < -0.39 is 0 Å². The summed E-state index contributed by atoms with van der Waals surface area (Å²) in [6.45, 7) is 3.67. The van der Waals surface area contributed by atoms with Crippen molar-refractivity contribution in [2.24, 2.45) is 0 Å². The van der Waals surface area contributed by atoms with E-state index in [4.69, 9.17) is 11.6 Å². The van der Waals surface area contributed by atoms with Crippen molar-refractivity contribution in [3.8, 4) is 0 Å². The minimum absolute atomic E-state index is 0.259. The molecule has 0 aliphatic heterocycles. The highest BCUT2D eigenvalue weighted by Gasteiger charge is 2.09. The lowest BCUT2D eigenvalue weighted by Crippen LogP contribution is -2.01. The number of halogens is 3. The van der Waals surface area contributed by atoms with Crippen LogP contribution in [0.15, 0.2) is 22.7 Å². The highest BCUT2D eigenvalue weighted by Crippen LogP contribution is 2.28. The van der Waals surface area contributed by atoms with Crippen molar-refractivity contribution in [1.82, 2.24) is 9.97 Å². The van der Waals surface area contributed by atoms with Gasteiger partial charge in [0.2, 0.25) is 0 Å². The predicted molar refractivity (Wildman–Crippen MR) is 73.9 cm³/mol. The monoisotopic (exact) mass is 329 g/mol. The molecular weight excluding hydrogens is 321 g/mol. The first-order chi connectivity index (χ1) is 8.47. The second kappa shape index (κ2) is 5.20. The molecule has 0 amide bonds. The van der Waals surface area contributed by atoms with Crippen LogP contribution in [0.3, 0.4) is 0 Å². The number of aryl methyl sites for hydroxylation is 2. The van der Waals surface area contributed by atoms with Gasteiger partial charge in [-0.1, -0.05) is 11.6 Å². The van der Waals surface area contributed by atoms with E-state index in [0.717, 1.165) is 15.9 Å². The number of aromatic nitrogens is 2. The molecule has 1 aromatic heterocycles. The number of hydrogen-bond acceptors (Lipinski definition) is 3. The van der Waals surface area contributed by atoms with Crippen molar-refractivity contribution in [3.63, 3.8) is 0 Å². The normalized spacial score (nSPS) is 10.5. The molecule has 0 bridgehead atoms. The Morgan fingerprint density at radius 3 is 2.61 bits per heavy atom. The third kappa shape index (κ3) is 2.79. The van der Waals surface area contributed by atoms with E-state index >= 15 is 0 Å². The quantitative estimate of drug-likeness (QED) is 0.887. The zero-order chi connectivity index (χ0) is 13.3. The topological polar surface area (TPSA) is 37.8 Å². The highest BCUT2D eigenvalue weighted by molar-refractivity contribution is 9.10. The smallest absolute Gasteiger partial charge is 0.172 e. The van der Waals surface area contributed by atoms with Crippen LogP contribution in [0.2, 0.25) is 5.15 Å². The van der Waals surface area contributed by atoms with Gasteiger partial charge in [-0.3, -0.25) is 0 Å². The standard InChI is InChI=1S/C12H10BrClFN3/c1-6-7(2)17-12(11(14)16-6)18-10-5-8(15)3-4-9(10)13/h3-5H,1-2H3,(H,17,18). The summed E-state index contributed by atoms with van der Waals surface area (Å²) < 4.78 is 13.9. The number of nitrogens with zero attached hydrogens (tertiary/aromatic N) is 2. The zero-order valence-electron chi connectivity index (χ0n) is 9.76. The van der Waals surface area contributed by atoms with E-state index in [-0.39, 0.29) is 11.0 Å². The van der Waals surface area contributed by atoms with Gasteiger partial charge in [0.15, 0.2) is 11.0 Å². The maximum Gasteiger partial charge on any atom is 0.172 e. The second-order valence-electron chi connectivity index (χ2n) is 3.78. The molecule has 18 heavy (non-hydrogen) atoms. The summed E-state index contributed by atoms with van der Waals surface area (Å²) in [5, 5.41) is 3.22. The Bertz CT molecular complexity index is 604. The Kier molecular flexibility index (Phi) is 3.82.